The highest BCUT2D eigenvalue weighted by molar-refractivity contribution is 7.92. The van der Waals surface area contributed by atoms with Crippen LogP contribution in [-0.2, 0) is 26.2 Å². The van der Waals surface area contributed by atoms with E-state index in [4.69, 9.17) is 4.74 Å². The van der Waals surface area contributed by atoms with Crippen molar-refractivity contribution in [1.29, 1.82) is 0 Å². The smallest absolute Gasteiger partial charge is 0.264 e. The monoisotopic (exact) mass is 613 g/mol. The van der Waals surface area contributed by atoms with Gasteiger partial charge in [0.25, 0.3) is 10.0 Å². The first kappa shape index (κ1) is 32.3. The van der Waals surface area contributed by atoms with Crippen molar-refractivity contribution in [2.45, 2.75) is 51.1 Å². The average Bonchev–Trinajstić information content (AvgIpc) is 3.03. The van der Waals surface area contributed by atoms with Gasteiger partial charge in [0.15, 0.2) is 0 Å². The number of rotatable bonds is 14. The fourth-order valence-electron chi connectivity index (χ4n) is 4.57. The van der Waals surface area contributed by atoms with E-state index in [1.807, 2.05) is 74.5 Å². The number of hydrogen-bond donors (Lipinski definition) is 1. The number of para-hydroxylation sites is 1. The fraction of sp³-hybridized carbons (Fsp3) is 0.257. The van der Waals surface area contributed by atoms with Crippen LogP contribution >= 0.6 is 0 Å². The van der Waals surface area contributed by atoms with Crippen molar-refractivity contribution >= 4 is 27.5 Å². The van der Waals surface area contributed by atoms with Gasteiger partial charge in [-0.2, -0.15) is 0 Å². The molecule has 230 valence electrons. The highest BCUT2D eigenvalue weighted by atomic mass is 32.2. The third-order valence-corrected chi connectivity index (χ3v) is 8.97. The minimum Gasteiger partial charge on any atom is -0.457 e. The summed E-state index contributed by atoms with van der Waals surface area (Å²) in [7, 11) is -4.16. The van der Waals surface area contributed by atoms with Crippen LogP contribution in [0.4, 0.5) is 5.69 Å². The maximum atomic E-state index is 14.1. The van der Waals surface area contributed by atoms with E-state index in [0.717, 1.165) is 28.3 Å². The van der Waals surface area contributed by atoms with Gasteiger partial charge in [-0.25, -0.2) is 8.42 Å². The molecule has 0 unspecified atom stereocenters. The van der Waals surface area contributed by atoms with Crippen LogP contribution < -0.4 is 14.4 Å². The quantitative estimate of drug-likeness (QED) is 0.168. The van der Waals surface area contributed by atoms with Crippen LogP contribution in [0.1, 0.15) is 37.8 Å². The van der Waals surface area contributed by atoms with Crippen LogP contribution in [0.2, 0.25) is 0 Å². The fourth-order valence-corrected chi connectivity index (χ4v) is 5.98. The van der Waals surface area contributed by atoms with Crippen LogP contribution in [0, 0.1) is 6.92 Å². The number of benzene rings is 4. The Morgan fingerprint density at radius 1 is 0.818 bits per heavy atom. The van der Waals surface area contributed by atoms with Gasteiger partial charge in [-0.15, -0.1) is 0 Å². The lowest BCUT2D eigenvalue weighted by Crippen LogP contribution is -2.51. The molecule has 0 heterocycles. The Morgan fingerprint density at radius 2 is 1.41 bits per heavy atom. The second kappa shape index (κ2) is 15.2. The number of hydrogen-bond acceptors (Lipinski definition) is 5. The van der Waals surface area contributed by atoms with E-state index in [1.165, 1.54) is 17.0 Å². The van der Waals surface area contributed by atoms with Gasteiger partial charge in [0.2, 0.25) is 11.8 Å². The van der Waals surface area contributed by atoms with Gasteiger partial charge >= 0.3 is 0 Å². The van der Waals surface area contributed by atoms with Gasteiger partial charge in [0.1, 0.15) is 24.1 Å². The molecule has 4 aromatic carbocycles. The highest BCUT2D eigenvalue weighted by Gasteiger charge is 2.32. The second-order valence-electron chi connectivity index (χ2n) is 10.6. The molecule has 0 aliphatic heterocycles. The third-order valence-electron chi connectivity index (χ3n) is 7.18. The molecule has 2 amide bonds. The van der Waals surface area contributed by atoms with Crippen molar-refractivity contribution in [3.8, 4) is 11.5 Å². The Hall–Kier alpha value is -4.63. The van der Waals surface area contributed by atoms with E-state index in [2.05, 4.69) is 5.32 Å². The van der Waals surface area contributed by atoms with E-state index in [-0.39, 0.29) is 17.3 Å². The van der Waals surface area contributed by atoms with E-state index < -0.39 is 28.5 Å². The first-order valence-electron chi connectivity index (χ1n) is 14.7. The Bertz CT molecular complexity index is 1610. The molecule has 0 bridgehead atoms. The largest absolute Gasteiger partial charge is 0.457 e. The van der Waals surface area contributed by atoms with Gasteiger partial charge in [-0.3, -0.25) is 13.9 Å². The summed E-state index contributed by atoms with van der Waals surface area (Å²) in [6.07, 6.45) is 1.74. The number of nitrogens with one attached hydrogen (secondary N) is 1. The summed E-state index contributed by atoms with van der Waals surface area (Å²) in [6.45, 7) is 5.70. The standard InChI is InChI=1S/C35H39N3O5S/c1-4-5-24-36-35(40)28(3)37(25-29-12-8-6-9-13-29)34(39)26-38(44(41,42)33-22-16-27(2)17-23-33)30-18-20-32(21-19-30)43-31-14-10-7-11-15-31/h6-23,28H,4-5,24-26H2,1-3H3,(H,36,40)/t28-/m0/s1. The predicted octanol–water partition coefficient (Wildman–Crippen LogP) is 6.32. The van der Waals surface area contributed by atoms with Crippen LogP contribution in [0.5, 0.6) is 11.5 Å². The first-order chi connectivity index (χ1) is 21.2. The molecular weight excluding hydrogens is 574 g/mol. The van der Waals surface area contributed by atoms with E-state index in [9.17, 15) is 18.0 Å². The molecule has 0 spiro atoms. The summed E-state index contributed by atoms with van der Waals surface area (Å²) in [5.41, 5.74) is 2.02. The van der Waals surface area contributed by atoms with Crippen LogP contribution in [0.15, 0.2) is 114 Å². The Balaban J connectivity index is 1.67. The molecule has 44 heavy (non-hydrogen) atoms. The molecular formula is C35H39N3O5S. The van der Waals surface area contributed by atoms with E-state index in [1.54, 1.807) is 43.3 Å². The molecule has 0 radical (unpaired) electrons. The summed E-state index contributed by atoms with van der Waals surface area (Å²) in [5.74, 6) is 0.356. The summed E-state index contributed by atoms with van der Waals surface area (Å²) in [5, 5.41) is 2.90. The van der Waals surface area contributed by atoms with Crippen molar-refractivity contribution in [2.24, 2.45) is 0 Å². The number of sulfonamides is 1. The maximum Gasteiger partial charge on any atom is 0.264 e. The highest BCUT2D eigenvalue weighted by Crippen LogP contribution is 2.28. The summed E-state index contributed by atoms with van der Waals surface area (Å²) >= 11 is 0. The maximum absolute atomic E-state index is 14.1. The number of amides is 2. The number of nitrogens with zero attached hydrogens (tertiary/aromatic N) is 2. The molecule has 9 heteroatoms. The first-order valence-corrected chi connectivity index (χ1v) is 16.2. The number of carbonyl (C=O) groups is 2. The molecule has 0 fully saturated rings. The average molecular weight is 614 g/mol. The Labute approximate surface area is 260 Å². The third kappa shape index (κ3) is 8.48. The van der Waals surface area contributed by atoms with Crippen molar-refractivity contribution in [1.82, 2.24) is 10.2 Å². The van der Waals surface area contributed by atoms with Gasteiger partial charge < -0.3 is 15.0 Å². The molecule has 1 atom stereocenters. The summed E-state index contributed by atoms with van der Waals surface area (Å²) < 4.78 is 35.1. The number of ether oxygens (including phenoxy) is 1. The van der Waals surface area contributed by atoms with Crippen LogP contribution in [-0.4, -0.2) is 44.3 Å². The lowest BCUT2D eigenvalue weighted by molar-refractivity contribution is -0.139. The van der Waals surface area contributed by atoms with E-state index >= 15 is 0 Å². The molecule has 4 aromatic rings. The Morgan fingerprint density at radius 3 is 2.02 bits per heavy atom. The van der Waals surface area contributed by atoms with Crippen LogP contribution in [0.25, 0.3) is 0 Å². The molecule has 0 saturated carbocycles. The number of unbranched alkanes of at least 4 members (excludes halogenated alkanes) is 1. The number of anilines is 1. The van der Waals surface area contributed by atoms with Gasteiger partial charge in [0, 0.05) is 13.1 Å². The van der Waals surface area contributed by atoms with Gasteiger partial charge in [-0.05, 0) is 74.4 Å². The zero-order valence-electron chi connectivity index (χ0n) is 25.3. The van der Waals surface area contributed by atoms with E-state index in [0.29, 0.717) is 23.7 Å². The normalized spacial score (nSPS) is 11.8. The van der Waals surface area contributed by atoms with Crippen molar-refractivity contribution < 1.29 is 22.7 Å². The predicted molar refractivity (Wildman–Crippen MR) is 173 cm³/mol. The zero-order chi connectivity index (χ0) is 31.5. The van der Waals surface area contributed by atoms with Crippen molar-refractivity contribution in [3.63, 3.8) is 0 Å². The number of carbonyl (C=O) groups excluding carboxylic acids is 2. The second-order valence-corrected chi connectivity index (χ2v) is 12.4. The van der Waals surface area contributed by atoms with Crippen LogP contribution in [0.3, 0.4) is 0 Å². The van der Waals surface area contributed by atoms with Gasteiger partial charge in [0.05, 0.1) is 10.6 Å². The van der Waals surface area contributed by atoms with Crippen molar-refractivity contribution in [2.75, 3.05) is 17.4 Å². The SMILES string of the molecule is CCCCNC(=O)[C@H](C)N(Cc1ccccc1)C(=O)CN(c1ccc(Oc2ccccc2)cc1)S(=O)(=O)c1ccc(C)cc1. The topological polar surface area (TPSA) is 96.0 Å². The number of aryl methyl sites for hydroxylation is 1. The van der Waals surface area contributed by atoms with Gasteiger partial charge in [-0.1, -0.05) is 79.6 Å². The van der Waals surface area contributed by atoms with Crippen molar-refractivity contribution in [3.05, 3.63) is 120 Å². The molecule has 1 N–H and O–H groups in total. The summed E-state index contributed by atoms with van der Waals surface area (Å²) in [6, 6.07) is 30.8. The lowest BCUT2D eigenvalue weighted by Gasteiger charge is -2.32. The zero-order valence-corrected chi connectivity index (χ0v) is 26.2. The summed E-state index contributed by atoms with van der Waals surface area (Å²) in [4.78, 5) is 28.6. The molecule has 0 saturated heterocycles. The molecule has 4 rings (SSSR count). The Kier molecular flexibility index (Phi) is 11.2. The minimum atomic E-state index is -4.16. The lowest BCUT2D eigenvalue weighted by atomic mass is 10.1. The molecule has 0 aliphatic rings. The molecule has 0 aliphatic carbocycles. The molecule has 8 nitrogen and oxygen atoms in total. The minimum absolute atomic E-state index is 0.0560. The molecule has 0 aromatic heterocycles.